The molecule has 1 aliphatic heterocycles. The van der Waals surface area contributed by atoms with Crippen LogP contribution in [0.2, 0.25) is 0 Å². The van der Waals surface area contributed by atoms with E-state index in [-0.39, 0.29) is 30.0 Å². The maximum Gasteiger partial charge on any atom is 0.243 e. The molecule has 1 aliphatic carbocycles. The molecule has 0 spiro atoms. The molecule has 1 amide bonds. The van der Waals surface area contributed by atoms with E-state index in [1.54, 1.807) is 14.1 Å². The number of nitrogens with one attached hydrogen (secondary N) is 2. The first kappa shape index (κ1) is 17.1. The molecular weight excluding hydrogens is 304 g/mol. The van der Waals surface area contributed by atoms with E-state index in [0.717, 1.165) is 12.8 Å². The summed E-state index contributed by atoms with van der Waals surface area (Å²) in [5.41, 5.74) is 0. The van der Waals surface area contributed by atoms with Gasteiger partial charge in [0.25, 0.3) is 0 Å². The summed E-state index contributed by atoms with van der Waals surface area (Å²) in [4.78, 5) is 17.5. The first-order chi connectivity index (χ1) is 10.4. The van der Waals surface area contributed by atoms with Gasteiger partial charge in [-0.05, 0) is 19.3 Å². The number of likely N-dealkylation sites (N-methyl/N-ethyl adjacent to an activating group) is 1. The van der Waals surface area contributed by atoms with Crippen LogP contribution in [0.15, 0.2) is 4.99 Å². The molecule has 1 heterocycles. The molecule has 1 atom stereocenters. The molecule has 126 valence electrons. The van der Waals surface area contributed by atoms with Crippen LogP contribution in [0.3, 0.4) is 0 Å². The molecule has 8 heteroatoms. The zero-order chi connectivity index (χ0) is 16.2. The quantitative estimate of drug-likeness (QED) is 0.547. The zero-order valence-electron chi connectivity index (χ0n) is 13.3. The van der Waals surface area contributed by atoms with Crippen molar-refractivity contribution in [2.75, 3.05) is 32.1 Å². The van der Waals surface area contributed by atoms with E-state index in [1.807, 2.05) is 0 Å². The summed E-state index contributed by atoms with van der Waals surface area (Å²) in [6.45, 7) is 0.0640. The van der Waals surface area contributed by atoms with Gasteiger partial charge in [0.05, 0.1) is 11.5 Å². The average molecular weight is 330 g/mol. The van der Waals surface area contributed by atoms with Crippen molar-refractivity contribution in [2.24, 2.45) is 4.99 Å². The number of carbonyl (C=O) groups excluding carboxylic acids is 1. The van der Waals surface area contributed by atoms with Crippen molar-refractivity contribution in [3.05, 3.63) is 0 Å². The lowest BCUT2D eigenvalue weighted by Gasteiger charge is -2.20. The van der Waals surface area contributed by atoms with Gasteiger partial charge >= 0.3 is 0 Å². The number of sulfone groups is 1. The van der Waals surface area contributed by atoms with Crippen molar-refractivity contribution in [3.63, 3.8) is 0 Å². The minimum absolute atomic E-state index is 0.0640. The summed E-state index contributed by atoms with van der Waals surface area (Å²) >= 11 is 0. The third-order valence-corrected chi connectivity index (χ3v) is 5.91. The van der Waals surface area contributed by atoms with E-state index in [9.17, 15) is 13.2 Å². The minimum atomic E-state index is -2.93. The Labute approximate surface area is 132 Å². The summed E-state index contributed by atoms with van der Waals surface area (Å²) in [7, 11) is 0.453. The van der Waals surface area contributed by atoms with Crippen molar-refractivity contribution in [3.8, 4) is 0 Å². The predicted molar refractivity (Wildman–Crippen MR) is 86.6 cm³/mol. The molecule has 0 bridgehead atoms. The van der Waals surface area contributed by atoms with Gasteiger partial charge < -0.3 is 15.5 Å². The first-order valence-electron chi connectivity index (χ1n) is 7.84. The number of carbonyl (C=O) groups is 1. The van der Waals surface area contributed by atoms with Crippen molar-refractivity contribution in [1.29, 1.82) is 0 Å². The summed E-state index contributed by atoms with van der Waals surface area (Å²) in [5.74, 6) is 0.841. The molecule has 1 unspecified atom stereocenters. The number of rotatable bonds is 4. The maximum absolute atomic E-state index is 11.7. The second-order valence-corrected chi connectivity index (χ2v) is 8.55. The van der Waals surface area contributed by atoms with E-state index in [1.165, 1.54) is 17.7 Å². The van der Waals surface area contributed by atoms with E-state index in [4.69, 9.17) is 0 Å². The summed E-state index contributed by atoms with van der Waals surface area (Å²) < 4.78 is 23.1. The molecule has 2 N–H and O–H groups in total. The van der Waals surface area contributed by atoms with Gasteiger partial charge in [0, 0.05) is 26.2 Å². The monoisotopic (exact) mass is 330 g/mol. The first-order valence-corrected chi connectivity index (χ1v) is 9.66. The van der Waals surface area contributed by atoms with Crippen molar-refractivity contribution in [1.82, 2.24) is 15.5 Å². The Morgan fingerprint density at radius 2 is 1.77 bits per heavy atom. The normalized spacial score (nSPS) is 25.2. The zero-order valence-corrected chi connectivity index (χ0v) is 14.2. The van der Waals surface area contributed by atoms with Gasteiger partial charge in [-0.25, -0.2) is 13.4 Å². The third kappa shape index (κ3) is 5.15. The van der Waals surface area contributed by atoms with Crippen LogP contribution < -0.4 is 10.6 Å². The molecular formula is C14H26N4O3S. The predicted octanol–water partition coefficient (Wildman–Crippen LogP) is -0.260. The van der Waals surface area contributed by atoms with Gasteiger partial charge in [0.15, 0.2) is 15.8 Å². The maximum atomic E-state index is 11.7. The lowest BCUT2D eigenvalue weighted by atomic mass is 10.2. The van der Waals surface area contributed by atoms with Gasteiger partial charge in [-0.2, -0.15) is 0 Å². The Hall–Kier alpha value is -1.31. The number of aliphatic imine (C=N–C) groups is 1. The fraction of sp³-hybridized carbons (Fsp3) is 0.857. The molecule has 0 radical (unpaired) electrons. The third-order valence-electron chi connectivity index (χ3n) is 4.14. The highest BCUT2D eigenvalue weighted by Gasteiger charge is 2.29. The SMILES string of the molecule is CN(C)C(=O)CN=C(NC1CCCC1)NC1CCS(=O)(=O)C1. The van der Waals surface area contributed by atoms with Crippen molar-refractivity contribution in [2.45, 2.75) is 44.2 Å². The molecule has 0 aromatic carbocycles. The Balaban J connectivity index is 1.97. The molecule has 1 saturated carbocycles. The topological polar surface area (TPSA) is 90.9 Å². The van der Waals surface area contributed by atoms with Gasteiger partial charge in [-0.3, -0.25) is 4.79 Å². The van der Waals surface area contributed by atoms with Gasteiger partial charge in [0.1, 0.15) is 6.54 Å². The highest BCUT2D eigenvalue weighted by Crippen LogP contribution is 2.17. The number of amides is 1. The Bertz CT molecular complexity index is 524. The molecule has 7 nitrogen and oxygen atoms in total. The molecule has 2 rings (SSSR count). The van der Waals surface area contributed by atoms with Crippen LogP contribution in [-0.2, 0) is 14.6 Å². The highest BCUT2D eigenvalue weighted by molar-refractivity contribution is 7.91. The molecule has 22 heavy (non-hydrogen) atoms. The second kappa shape index (κ2) is 7.30. The van der Waals surface area contributed by atoms with Crippen LogP contribution in [-0.4, -0.2) is 69.4 Å². The van der Waals surface area contributed by atoms with Crippen LogP contribution in [0, 0.1) is 0 Å². The molecule has 0 aromatic heterocycles. The molecule has 1 saturated heterocycles. The second-order valence-electron chi connectivity index (χ2n) is 6.32. The number of guanidine groups is 1. The minimum Gasteiger partial charge on any atom is -0.354 e. The Morgan fingerprint density at radius 1 is 1.14 bits per heavy atom. The van der Waals surface area contributed by atoms with Gasteiger partial charge in [-0.1, -0.05) is 12.8 Å². The van der Waals surface area contributed by atoms with E-state index in [2.05, 4.69) is 15.6 Å². The van der Waals surface area contributed by atoms with Crippen molar-refractivity contribution < 1.29 is 13.2 Å². The van der Waals surface area contributed by atoms with Crippen LogP contribution in [0.1, 0.15) is 32.1 Å². The van der Waals surface area contributed by atoms with Crippen LogP contribution in [0.4, 0.5) is 0 Å². The number of hydrogen-bond acceptors (Lipinski definition) is 4. The summed E-state index contributed by atoms with van der Waals surface area (Å²) in [6, 6.07) is 0.242. The smallest absolute Gasteiger partial charge is 0.243 e. The fourth-order valence-electron chi connectivity index (χ4n) is 2.79. The molecule has 0 aromatic rings. The van der Waals surface area contributed by atoms with E-state index < -0.39 is 9.84 Å². The largest absolute Gasteiger partial charge is 0.354 e. The Kier molecular flexibility index (Phi) is 5.66. The highest BCUT2D eigenvalue weighted by atomic mass is 32.2. The van der Waals surface area contributed by atoms with Crippen LogP contribution >= 0.6 is 0 Å². The van der Waals surface area contributed by atoms with Crippen LogP contribution in [0.5, 0.6) is 0 Å². The van der Waals surface area contributed by atoms with E-state index >= 15 is 0 Å². The Morgan fingerprint density at radius 3 is 2.32 bits per heavy atom. The summed E-state index contributed by atoms with van der Waals surface area (Å²) in [5, 5.41) is 6.52. The van der Waals surface area contributed by atoms with E-state index in [0.29, 0.717) is 18.4 Å². The summed E-state index contributed by atoms with van der Waals surface area (Å²) in [6.07, 6.45) is 5.16. The van der Waals surface area contributed by atoms with Gasteiger partial charge in [0.2, 0.25) is 5.91 Å². The average Bonchev–Trinajstić information content (AvgIpc) is 3.05. The standard InChI is InChI=1S/C14H26N4O3S/c1-18(2)13(19)9-15-14(16-11-5-3-4-6-11)17-12-7-8-22(20,21)10-12/h11-12H,3-10H2,1-2H3,(H2,15,16,17). The lowest BCUT2D eigenvalue weighted by molar-refractivity contribution is -0.127. The fourth-order valence-corrected chi connectivity index (χ4v) is 4.46. The van der Waals surface area contributed by atoms with Crippen molar-refractivity contribution >= 4 is 21.7 Å². The number of hydrogen-bond donors (Lipinski definition) is 2. The molecule has 2 aliphatic rings. The number of nitrogens with zero attached hydrogens (tertiary/aromatic N) is 2. The lowest BCUT2D eigenvalue weighted by Crippen LogP contribution is -2.47. The van der Waals surface area contributed by atoms with Gasteiger partial charge in [-0.15, -0.1) is 0 Å². The molecule has 2 fully saturated rings. The van der Waals surface area contributed by atoms with Crippen LogP contribution in [0.25, 0.3) is 0 Å².